The zero-order chi connectivity index (χ0) is 12.3. The van der Waals surface area contributed by atoms with Crippen LogP contribution in [0.15, 0.2) is 41.0 Å². The summed E-state index contributed by atoms with van der Waals surface area (Å²) < 4.78 is 24.0. The van der Waals surface area contributed by atoms with E-state index >= 15 is 0 Å². The minimum atomic E-state index is -0.411. The smallest absolute Gasteiger partial charge is 0.165 e. The van der Waals surface area contributed by atoms with Gasteiger partial charge in [0.2, 0.25) is 0 Å². The Kier molecular flexibility index (Phi) is 3.44. The number of furan rings is 1. The molecule has 1 atom stereocenters. The maximum absolute atomic E-state index is 13.6. The van der Waals surface area contributed by atoms with Crippen LogP contribution in [0.2, 0.25) is 0 Å². The first-order chi connectivity index (χ1) is 8.16. The summed E-state index contributed by atoms with van der Waals surface area (Å²) in [6.07, 6.45) is 1.55. The normalized spacial score (nSPS) is 12.4. The summed E-state index contributed by atoms with van der Waals surface area (Å²) in [5, 5.41) is 0. The highest BCUT2D eigenvalue weighted by atomic mass is 19.1. The first kappa shape index (κ1) is 11.7. The lowest BCUT2D eigenvalue weighted by atomic mass is 10.1. The van der Waals surface area contributed by atoms with Crippen molar-refractivity contribution in [1.82, 2.24) is 0 Å². The van der Waals surface area contributed by atoms with Crippen molar-refractivity contribution < 1.29 is 13.5 Å². The van der Waals surface area contributed by atoms with E-state index in [0.29, 0.717) is 5.76 Å². The zero-order valence-corrected chi connectivity index (χ0v) is 9.52. The molecule has 2 N–H and O–H groups in total. The molecule has 90 valence electrons. The molecule has 0 bridgehead atoms. The monoisotopic (exact) mass is 235 g/mol. The Morgan fingerprint density at radius 2 is 2.24 bits per heavy atom. The third-order valence-corrected chi connectivity index (χ3v) is 2.43. The number of hydrogen-bond acceptors (Lipinski definition) is 3. The van der Waals surface area contributed by atoms with Gasteiger partial charge in [0, 0.05) is 6.04 Å². The molecule has 17 heavy (non-hydrogen) atoms. The largest absolute Gasteiger partial charge is 0.483 e. The van der Waals surface area contributed by atoms with Gasteiger partial charge in [-0.1, -0.05) is 6.07 Å². The van der Waals surface area contributed by atoms with Gasteiger partial charge < -0.3 is 14.9 Å². The van der Waals surface area contributed by atoms with E-state index in [1.165, 1.54) is 6.07 Å². The van der Waals surface area contributed by atoms with E-state index in [0.717, 1.165) is 5.56 Å². The predicted octanol–water partition coefficient (Wildman–Crippen LogP) is 3.02. The average Bonchev–Trinajstić information content (AvgIpc) is 2.80. The Bertz CT molecular complexity index is 480. The van der Waals surface area contributed by atoms with E-state index in [2.05, 4.69) is 0 Å². The van der Waals surface area contributed by atoms with Crippen molar-refractivity contribution in [3.63, 3.8) is 0 Å². The van der Waals surface area contributed by atoms with Crippen LogP contribution in [0.25, 0.3) is 0 Å². The molecule has 1 aromatic carbocycles. The first-order valence-electron chi connectivity index (χ1n) is 5.37. The molecule has 0 aliphatic rings. The first-order valence-corrected chi connectivity index (χ1v) is 5.37. The Labute approximate surface area is 99.0 Å². The van der Waals surface area contributed by atoms with Crippen LogP contribution in [0.1, 0.15) is 24.3 Å². The van der Waals surface area contributed by atoms with E-state index in [-0.39, 0.29) is 18.4 Å². The van der Waals surface area contributed by atoms with E-state index < -0.39 is 5.82 Å². The Balaban J connectivity index is 2.06. The second kappa shape index (κ2) is 5.01. The number of nitrogens with two attached hydrogens (primary N) is 1. The minimum absolute atomic E-state index is 0.191. The Morgan fingerprint density at radius 1 is 1.41 bits per heavy atom. The van der Waals surface area contributed by atoms with Crippen molar-refractivity contribution in [2.24, 2.45) is 5.73 Å². The summed E-state index contributed by atoms with van der Waals surface area (Å²) in [6, 6.07) is 8.07. The van der Waals surface area contributed by atoms with E-state index in [1.807, 2.05) is 0 Å². The SMILES string of the molecule is C[C@@H](N)c1ccc(OCc2ccco2)c(F)c1. The van der Waals surface area contributed by atoms with Crippen molar-refractivity contribution >= 4 is 0 Å². The second-order valence-electron chi connectivity index (χ2n) is 3.85. The molecule has 0 aliphatic carbocycles. The zero-order valence-electron chi connectivity index (χ0n) is 9.52. The fourth-order valence-electron chi connectivity index (χ4n) is 1.46. The van der Waals surface area contributed by atoms with Crippen LogP contribution in [0.3, 0.4) is 0 Å². The topological polar surface area (TPSA) is 48.4 Å². The van der Waals surface area contributed by atoms with E-state index in [9.17, 15) is 4.39 Å². The lowest BCUT2D eigenvalue weighted by Gasteiger charge is -2.09. The quantitative estimate of drug-likeness (QED) is 0.886. The maximum Gasteiger partial charge on any atom is 0.165 e. The molecule has 0 unspecified atom stereocenters. The van der Waals surface area contributed by atoms with Gasteiger partial charge in [0.25, 0.3) is 0 Å². The average molecular weight is 235 g/mol. The molecule has 0 radical (unpaired) electrons. The molecular formula is C13H14FNO2. The molecular weight excluding hydrogens is 221 g/mol. The highest BCUT2D eigenvalue weighted by molar-refractivity contribution is 5.30. The van der Waals surface area contributed by atoms with Gasteiger partial charge in [0.05, 0.1) is 6.26 Å². The predicted molar refractivity (Wildman–Crippen MR) is 62.0 cm³/mol. The number of halogens is 1. The van der Waals surface area contributed by atoms with Crippen LogP contribution in [0.4, 0.5) is 4.39 Å². The Morgan fingerprint density at radius 3 is 2.82 bits per heavy atom. The summed E-state index contributed by atoms with van der Waals surface area (Å²) in [7, 11) is 0. The molecule has 1 heterocycles. The molecule has 2 aromatic rings. The lowest BCUT2D eigenvalue weighted by molar-refractivity contribution is 0.258. The van der Waals surface area contributed by atoms with Crippen molar-refractivity contribution in [1.29, 1.82) is 0 Å². The number of ether oxygens (including phenoxy) is 1. The number of hydrogen-bond donors (Lipinski definition) is 1. The molecule has 4 heteroatoms. The highest BCUT2D eigenvalue weighted by Crippen LogP contribution is 2.22. The summed E-state index contributed by atoms with van der Waals surface area (Å²) in [5.41, 5.74) is 6.40. The van der Waals surface area contributed by atoms with Gasteiger partial charge in [0.1, 0.15) is 12.4 Å². The second-order valence-corrected chi connectivity index (χ2v) is 3.85. The van der Waals surface area contributed by atoms with Gasteiger partial charge in [-0.25, -0.2) is 4.39 Å². The molecule has 0 spiro atoms. The molecule has 0 saturated carbocycles. The minimum Gasteiger partial charge on any atom is -0.483 e. The van der Waals surface area contributed by atoms with Crippen LogP contribution in [0.5, 0.6) is 5.75 Å². The summed E-state index contributed by atoms with van der Waals surface area (Å²) in [5.74, 6) is 0.442. The number of rotatable bonds is 4. The molecule has 3 nitrogen and oxygen atoms in total. The lowest BCUT2D eigenvalue weighted by Crippen LogP contribution is -2.05. The fraction of sp³-hybridized carbons (Fsp3) is 0.231. The van der Waals surface area contributed by atoms with Crippen molar-refractivity contribution in [3.05, 3.63) is 53.7 Å². The van der Waals surface area contributed by atoms with Gasteiger partial charge >= 0.3 is 0 Å². The summed E-state index contributed by atoms with van der Waals surface area (Å²) >= 11 is 0. The Hall–Kier alpha value is -1.81. The van der Waals surface area contributed by atoms with Gasteiger partial charge in [-0.05, 0) is 36.8 Å². The molecule has 0 saturated heterocycles. The fourth-order valence-corrected chi connectivity index (χ4v) is 1.46. The van der Waals surface area contributed by atoms with Gasteiger partial charge in [0.15, 0.2) is 11.6 Å². The number of benzene rings is 1. The van der Waals surface area contributed by atoms with Crippen LogP contribution < -0.4 is 10.5 Å². The van der Waals surface area contributed by atoms with Gasteiger partial charge in [-0.2, -0.15) is 0 Å². The van der Waals surface area contributed by atoms with Crippen molar-refractivity contribution in [2.75, 3.05) is 0 Å². The molecule has 0 fully saturated rings. The molecule has 0 aliphatic heterocycles. The van der Waals surface area contributed by atoms with E-state index in [4.69, 9.17) is 14.9 Å². The molecule has 2 rings (SSSR count). The summed E-state index contributed by atoms with van der Waals surface area (Å²) in [4.78, 5) is 0. The van der Waals surface area contributed by atoms with Crippen LogP contribution in [0, 0.1) is 5.82 Å². The van der Waals surface area contributed by atoms with Crippen LogP contribution in [-0.2, 0) is 6.61 Å². The van der Waals surface area contributed by atoms with Crippen LogP contribution >= 0.6 is 0 Å². The molecule has 0 amide bonds. The van der Waals surface area contributed by atoms with Gasteiger partial charge in [-0.3, -0.25) is 0 Å². The molecule has 1 aromatic heterocycles. The standard InChI is InChI=1S/C13H14FNO2/c1-9(15)10-4-5-13(12(14)7-10)17-8-11-3-2-6-16-11/h2-7,9H,8,15H2,1H3/t9-/m1/s1. The van der Waals surface area contributed by atoms with Crippen molar-refractivity contribution in [2.45, 2.75) is 19.6 Å². The van der Waals surface area contributed by atoms with Crippen molar-refractivity contribution in [3.8, 4) is 5.75 Å². The highest BCUT2D eigenvalue weighted by Gasteiger charge is 2.08. The van der Waals surface area contributed by atoms with Gasteiger partial charge in [-0.15, -0.1) is 0 Å². The summed E-state index contributed by atoms with van der Waals surface area (Å²) in [6.45, 7) is 2.01. The third kappa shape index (κ3) is 2.85. The van der Waals surface area contributed by atoms with Crippen LogP contribution in [-0.4, -0.2) is 0 Å². The maximum atomic E-state index is 13.6. The van der Waals surface area contributed by atoms with E-state index in [1.54, 1.807) is 37.5 Å². The third-order valence-electron chi connectivity index (χ3n) is 2.43.